The van der Waals surface area contributed by atoms with Gasteiger partial charge in [-0.2, -0.15) is 0 Å². The van der Waals surface area contributed by atoms with Gasteiger partial charge in [-0.3, -0.25) is 14.6 Å². The van der Waals surface area contributed by atoms with Crippen LogP contribution >= 0.6 is 0 Å². The van der Waals surface area contributed by atoms with E-state index >= 15 is 0 Å². The Morgan fingerprint density at radius 2 is 1.46 bits per heavy atom. The first-order valence-electron chi connectivity index (χ1n) is 8.16. The van der Waals surface area contributed by atoms with Crippen molar-refractivity contribution in [1.29, 1.82) is 0 Å². The van der Waals surface area contributed by atoms with Gasteiger partial charge in [0.15, 0.2) is 0 Å². The largest absolute Gasteiger partial charge is 0.449 e. The second kappa shape index (κ2) is 6.47. The number of rotatable bonds is 1. The second-order valence-electron chi connectivity index (χ2n) is 5.92. The number of H-pyrrole nitrogens is 2. The van der Waals surface area contributed by atoms with Crippen LogP contribution in [0.3, 0.4) is 0 Å². The van der Waals surface area contributed by atoms with E-state index in [0.29, 0.717) is 22.4 Å². The van der Waals surface area contributed by atoms with Crippen LogP contribution < -0.4 is 22.7 Å². The number of aromatic nitrogens is 2. The average molecular weight is 378 g/mol. The molecule has 0 aliphatic heterocycles. The molecule has 140 valence electrons. The molecule has 1 amide bonds. The number of furan rings is 2. The van der Waals surface area contributed by atoms with Gasteiger partial charge in [0.25, 0.3) is 11.5 Å². The van der Waals surface area contributed by atoms with E-state index in [9.17, 15) is 14.4 Å². The molecular formula is C19H14N4O5. The lowest BCUT2D eigenvalue weighted by Gasteiger charge is -1.88. The summed E-state index contributed by atoms with van der Waals surface area (Å²) in [5.74, 6) is -0.616. The van der Waals surface area contributed by atoms with Crippen LogP contribution in [0.4, 0.5) is 5.69 Å². The second-order valence-corrected chi connectivity index (χ2v) is 5.92. The number of aromatic amines is 2. The van der Waals surface area contributed by atoms with Gasteiger partial charge in [0.2, 0.25) is 11.3 Å². The van der Waals surface area contributed by atoms with Gasteiger partial charge >= 0.3 is 5.69 Å². The Labute approximate surface area is 155 Å². The molecule has 3 heterocycles. The van der Waals surface area contributed by atoms with Crippen molar-refractivity contribution in [3.8, 4) is 0 Å². The summed E-state index contributed by atoms with van der Waals surface area (Å²) < 4.78 is 10.5. The summed E-state index contributed by atoms with van der Waals surface area (Å²) in [7, 11) is 0. The quantitative estimate of drug-likeness (QED) is 0.349. The molecule has 0 aliphatic rings. The standard InChI is InChI=1S/C10H6N2O3.C9H8N2O2/c13-9-8-7(11-10(14)12-9)5-3-1-2-4-6(5)15-8;10-7-5-3-1-2-4-6(5)13-8(7)9(11)12/h1-4H,(H2,11,12,13,14);1-4H,10H2,(H2,11,12). The lowest BCUT2D eigenvalue weighted by atomic mass is 10.2. The van der Waals surface area contributed by atoms with Gasteiger partial charge in [-0.05, 0) is 24.3 Å². The number of amides is 1. The van der Waals surface area contributed by atoms with Crippen molar-refractivity contribution in [2.24, 2.45) is 5.73 Å². The van der Waals surface area contributed by atoms with Crippen molar-refractivity contribution in [1.82, 2.24) is 9.97 Å². The summed E-state index contributed by atoms with van der Waals surface area (Å²) in [6, 6.07) is 14.3. The van der Waals surface area contributed by atoms with Gasteiger partial charge in [-0.1, -0.05) is 24.3 Å². The zero-order valence-electron chi connectivity index (χ0n) is 14.3. The Morgan fingerprint density at radius 1 is 0.857 bits per heavy atom. The van der Waals surface area contributed by atoms with Crippen molar-refractivity contribution < 1.29 is 13.6 Å². The molecule has 2 aromatic carbocycles. The van der Waals surface area contributed by atoms with Crippen molar-refractivity contribution in [2.75, 3.05) is 5.73 Å². The maximum absolute atomic E-state index is 11.4. The Bertz CT molecular complexity index is 1450. The number of nitrogens with two attached hydrogens (primary N) is 2. The first kappa shape index (κ1) is 17.2. The summed E-state index contributed by atoms with van der Waals surface area (Å²) in [6.45, 7) is 0. The summed E-state index contributed by atoms with van der Waals surface area (Å²) in [6.07, 6.45) is 0. The van der Waals surface area contributed by atoms with Gasteiger partial charge in [0.1, 0.15) is 16.7 Å². The number of hydrogen-bond acceptors (Lipinski definition) is 6. The fraction of sp³-hybridized carbons (Fsp3) is 0. The van der Waals surface area contributed by atoms with Crippen LogP contribution in [0.25, 0.3) is 33.0 Å². The van der Waals surface area contributed by atoms with E-state index in [0.717, 1.165) is 10.8 Å². The van der Waals surface area contributed by atoms with Crippen molar-refractivity contribution in [3.63, 3.8) is 0 Å². The summed E-state index contributed by atoms with van der Waals surface area (Å²) in [5.41, 5.74) is 11.7. The van der Waals surface area contributed by atoms with E-state index in [1.807, 2.05) is 12.1 Å². The van der Waals surface area contributed by atoms with Gasteiger partial charge in [0, 0.05) is 10.8 Å². The third kappa shape index (κ3) is 2.80. The number of nitrogen functional groups attached to an aromatic ring is 1. The topological polar surface area (TPSA) is 161 Å². The minimum absolute atomic E-state index is 0.0289. The molecule has 0 fully saturated rings. The Kier molecular flexibility index (Phi) is 3.96. The number of carbonyl (C=O) groups excluding carboxylic acids is 1. The Balaban J connectivity index is 0.000000139. The molecule has 9 heteroatoms. The van der Waals surface area contributed by atoms with Crippen molar-refractivity contribution in [2.45, 2.75) is 0 Å². The molecule has 0 aliphatic carbocycles. The van der Waals surface area contributed by atoms with E-state index in [1.165, 1.54) is 0 Å². The maximum atomic E-state index is 11.4. The van der Waals surface area contributed by atoms with E-state index in [2.05, 4.69) is 9.97 Å². The van der Waals surface area contributed by atoms with Gasteiger partial charge < -0.3 is 25.3 Å². The van der Waals surface area contributed by atoms with Crippen molar-refractivity contribution in [3.05, 3.63) is 75.1 Å². The highest BCUT2D eigenvalue weighted by Crippen LogP contribution is 2.27. The Hall–Kier alpha value is -4.27. The number of hydrogen-bond donors (Lipinski definition) is 4. The number of carbonyl (C=O) groups is 1. The molecule has 9 nitrogen and oxygen atoms in total. The van der Waals surface area contributed by atoms with Crippen molar-refractivity contribution >= 4 is 44.6 Å². The SMILES string of the molecule is NC(=O)c1oc2ccccc2c1N.O=c1[nH]c(=O)c2oc3ccccc3c2[nH]1. The third-order valence-electron chi connectivity index (χ3n) is 4.12. The van der Waals surface area contributed by atoms with Gasteiger partial charge in [-0.15, -0.1) is 0 Å². The number of fused-ring (bicyclic) bond motifs is 4. The van der Waals surface area contributed by atoms with E-state index < -0.39 is 17.2 Å². The lowest BCUT2D eigenvalue weighted by Crippen LogP contribution is -2.20. The molecule has 0 saturated carbocycles. The zero-order valence-corrected chi connectivity index (χ0v) is 14.3. The highest BCUT2D eigenvalue weighted by molar-refractivity contribution is 6.04. The molecule has 0 bridgehead atoms. The molecule has 0 atom stereocenters. The van der Waals surface area contributed by atoms with Crippen LogP contribution in [0.2, 0.25) is 0 Å². The number of para-hydroxylation sites is 2. The van der Waals surface area contributed by atoms with Gasteiger partial charge in [-0.25, -0.2) is 4.79 Å². The number of nitrogens with one attached hydrogen (secondary N) is 2. The maximum Gasteiger partial charge on any atom is 0.326 e. The highest BCUT2D eigenvalue weighted by Gasteiger charge is 2.14. The normalized spacial score (nSPS) is 10.9. The Morgan fingerprint density at radius 3 is 2.11 bits per heavy atom. The lowest BCUT2D eigenvalue weighted by molar-refractivity contribution is 0.0977. The summed E-state index contributed by atoms with van der Waals surface area (Å²) in [5, 5.41) is 1.45. The monoisotopic (exact) mass is 378 g/mol. The first-order chi connectivity index (χ1) is 13.5. The molecular weight excluding hydrogens is 364 g/mol. The molecule has 3 aromatic heterocycles. The summed E-state index contributed by atoms with van der Waals surface area (Å²) >= 11 is 0. The highest BCUT2D eigenvalue weighted by atomic mass is 16.3. The fourth-order valence-corrected chi connectivity index (χ4v) is 2.88. The number of primary amides is 1. The smallest absolute Gasteiger partial charge is 0.326 e. The number of anilines is 1. The molecule has 0 spiro atoms. The fourth-order valence-electron chi connectivity index (χ4n) is 2.88. The zero-order chi connectivity index (χ0) is 19.8. The minimum Gasteiger partial charge on any atom is -0.449 e. The molecule has 5 aromatic rings. The predicted molar refractivity (Wildman–Crippen MR) is 104 cm³/mol. The van der Waals surface area contributed by atoms with Crippen LogP contribution in [-0.2, 0) is 0 Å². The predicted octanol–water partition coefficient (Wildman–Crippen LogP) is 2.08. The molecule has 0 saturated heterocycles. The van der Waals surface area contributed by atoms with Crippen LogP contribution in [0.1, 0.15) is 10.6 Å². The van der Waals surface area contributed by atoms with E-state index in [4.69, 9.17) is 20.3 Å². The molecule has 0 radical (unpaired) electrons. The van der Waals surface area contributed by atoms with Crippen LogP contribution in [0.15, 0.2) is 67.0 Å². The molecule has 6 N–H and O–H groups in total. The van der Waals surface area contributed by atoms with Crippen LogP contribution in [0, 0.1) is 0 Å². The minimum atomic E-state index is -0.645. The third-order valence-corrected chi connectivity index (χ3v) is 4.12. The van der Waals surface area contributed by atoms with Gasteiger partial charge in [0.05, 0.1) is 5.69 Å². The van der Waals surface area contributed by atoms with E-state index in [1.54, 1.807) is 36.4 Å². The molecule has 28 heavy (non-hydrogen) atoms. The molecule has 0 unspecified atom stereocenters. The summed E-state index contributed by atoms with van der Waals surface area (Å²) in [4.78, 5) is 38.0. The van der Waals surface area contributed by atoms with E-state index in [-0.39, 0.29) is 11.3 Å². The van der Waals surface area contributed by atoms with Crippen LogP contribution in [-0.4, -0.2) is 15.9 Å². The first-order valence-corrected chi connectivity index (χ1v) is 8.16. The molecule has 5 rings (SSSR count). The number of benzene rings is 2. The van der Waals surface area contributed by atoms with Crippen LogP contribution in [0.5, 0.6) is 0 Å². The average Bonchev–Trinajstić information content (AvgIpc) is 3.21.